The smallest absolute Gasteiger partial charge is 0.330 e. The van der Waals surface area contributed by atoms with Gasteiger partial charge in [0.1, 0.15) is 6.04 Å². The van der Waals surface area contributed by atoms with Crippen molar-refractivity contribution in [2.75, 3.05) is 11.1 Å². The van der Waals surface area contributed by atoms with Crippen LogP contribution in [0.3, 0.4) is 0 Å². The Morgan fingerprint density at radius 2 is 2.13 bits per heavy atom. The molecule has 1 aromatic heterocycles. The van der Waals surface area contributed by atoms with Gasteiger partial charge in [-0.1, -0.05) is 0 Å². The molecule has 2 amide bonds. The number of amides is 2. The Hall–Kier alpha value is -2.53. The number of hydrogen-bond acceptors (Lipinski definition) is 7. The molecule has 3 atom stereocenters. The van der Waals surface area contributed by atoms with Crippen LogP contribution in [0.25, 0.3) is 11.3 Å². The summed E-state index contributed by atoms with van der Waals surface area (Å²) < 4.78 is 31.8. The fourth-order valence-corrected chi connectivity index (χ4v) is 5.77. The van der Waals surface area contributed by atoms with Crippen LogP contribution in [0.5, 0.6) is 0 Å². The number of ether oxygens (including phenoxy) is 1. The van der Waals surface area contributed by atoms with Gasteiger partial charge in [0.05, 0.1) is 10.6 Å². The number of nitrogens with zero attached hydrogens (tertiary/aromatic N) is 2. The third-order valence-electron chi connectivity index (χ3n) is 5.33. The number of fused-ring (bicyclic) bond motifs is 1. The Kier molecular flexibility index (Phi) is 5.73. The fourth-order valence-electron chi connectivity index (χ4n) is 3.63. The normalized spacial score (nSPS) is 23.5. The summed E-state index contributed by atoms with van der Waals surface area (Å²) in [5.41, 5.74) is 0.742. The van der Waals surface area contributed by atoms with E-state index in [9.17, 15) is 23.2 Å². The Bertz CT molecular complexity index is 1060. The molecule has 0 aliphatic carbocycles. The number of thioether (sulfide) groups is 1. The predicted octanol–water partition coefficient (Wildman–Crippen LogP) is 3.41. The van der Waals surface area contributed by atoms with Crippen molar-refractivity contribution in [2.45, 2.75) is 43.7 Å². The SMILES string of the molecule is C[C@H](OC(=O)[C@@H]1CS[C@]2(C)CCC(=O)N12)C(=O)Nc1nc(-c2ccc(F)c(F)c2)cs1. The molecule has 0 unspecified atom stereocenters. The Morgan fingerprint density at radius 3 is 2.87 bits per heavy atom. The summed E-state index contributed by atoms with van der Waals surface area (Å²) in [5, 5.41) is 4.37. The summed E-state index contributed by atoms with van der Waals surface area (Å²) >= 11 is 2.64. The summed E-state index contributed by atoms with van der Waals surface area (Å²) in [6, 6.07) is 2.70. The number of halogens is 2. The monoisotopic (exact) mass is 467 g/mol. The maximum absolute atomic E-state index is 13.4. The second-order valence-electron chi connectivity index (χ2n) is 7.50. The van der Waals surface area contributed by atoms with E-state index in [4.69, 9.17) is 4.74 Å². The summed E-state index contributed by atoms with van der Waals surface area (Å²) in [4.78, 5) is 42.6. The van der Waals surface area contributed by atoms with Crippen LogP contribution in [0.2, 0.25) is 0 Å². The van der Waals surface area contributed by atoms with E-state index in [-0.39, 0.29) is 11.0 Å². The number of carbonyl (C=O) groups excluding carboxylic acids is 3. The Labute approximate surface area is 185 Å². The molecule has 2 fully saturated rings. The number of anilines is 1. The molecular weight excluding hydrogens is 448 g/mol. The highest BCUT2D eigenvalue weighted by Crippen LogP contribution is 2.47. The van der Waals surface area contributed by atoms with Gasteiger partial charge in [0.15, 0.2) is 22.9 Å². The van der Waals surface area contributed by atoms with Gasteiger partial charge in [-0.05, 0) is 38.5 Å². The van der Waals surface area contributed by atoms with Gasteiger partial charge >= 0.3 is 5.97 Å². The molecule has 164 valence electrons. The van der Waals surface area contributed by atoms with E-state index in [1.807, 2.05) is 6.92 Å². The second kappa shape index (κ2) is 8.19. The van der Waals surface area contributed by atoms with Crippen molar-refractivity contribution < 1.29 is 27.9 Å². The molecular formula is C20H19F2N3O4S2. The number of nitrogens with one attached hydrogen (secondary N) is 1. The zero-order valence-electron chi connectivity index (χ0n) is 16.7. The largest absolute Gasteiger partial charge is 0.451 e. The quantitative estimate of drug-likeness (QED) is 0.678. The Balaban J connectivity index is 1.37. The van der Waals surface area contributed by atoms with Crippen molar-refractivity contribution in [3.05, 3.63) is 35.2 Å². The highest BCUT2D eigenvalue weighted by molar-refractivity contribution is 8.01. The van der Waals surface area contributed by atoms with Crippen molar-refractivity contribution in [2.24, 2.45) is 0 Å². The lowest BCUT2D eigenvalue weighted by Crippen LogP contribution is -2.48. The van der Waals surface area contributed by atoms with Crippen LogP contribution in [-0.2, 0) is 19.1 Å². The predicted molar refractivity (Wildman–Crippen MR) is 112 cm³/mol. The first kappa shape index (κ1) is 21.7. The number of aromatic nitrogens is 1. The number of esters is 1. The summed E-state index contributed by atoms with van der Waals surface area (Å²) in [7, 11) is 0. The average molecular weight is 468 g/mol. The van der Waals surface area contributed by atoms with Crippen LogP contribution >= 0.6 is 23.1 Å². The van der Waals surface area contributed by atoms with Gasteiger partial charge in [0, 0.05) is 23.1 Å². The van der Waals surface area contributed by atoms with E-state index >= 15 is 0 Å². The van der Waals surface area contributed by atoms with Gasteiger partial charge in [0.2, 0.25) is 5.91 Å². The van der Waals surface area contributed by atoms with E-state index in [0.717, 1.165) is 23.5 Å². The highest BCUT2D eigenvalue weighted by Gasteiger charge is 2.53. The maximum atomic E-state index is 13.4. The van der Waals surface area contributed by atoms with E-state index in [1.54, 1.807) is 22.0 Å². The summed E-state index contributed by atoms with van der Waals surface area (Å²) in [6.07, 6.45) is -0.0217. The lowest BCUT2D eigenvalue weighted by atomic mass is 10.2. The molecule has 7 nitrogen and oxygen atoms in total. The van der Waals surface area contributed by atoms with Gasteiger partial charge in [0.25, 0.3) is 5.91 Å². The first-order valence-electron chi connectivity index (χ1n) is 9.56. The third kappa shape index (κ3) is 4.16. The van der Waals surface area contributed by atoms with Gasteiger partial charge in [-0.25, -0.2) is 18.6 Å². The molecule has 0 saturated carbocycles. The van der Waals surface area contributed by atoms with E-state index in [2.05, 4.69) is 10.3 Å². The molecule has 2 aliphatic rings. The average Bonchev–Trinajstić information content (AvgIpc) is 3.40. The van der Waals surface area contributed by atoms with Crippen molar-refractivity contribution in [3.8, 4) is 11.3 Å². The topological polar surface area (TPSA) is 88.6 Å². The van der Waals surface area contributed by atoms with Crippen molar-refractivity contribution in [1.82, 2.24) is 9.88 Å². The molecule has 31 heavy (non-hydrogen) atoms. The molecule has 1 aromatic carbocycles. The standard InChI is InChI=1S/C20H19F2N3O4S2/c1-10(29-18(28)15-9-31-20(2)6-5-16(26)25(15)20)17(27)24-19-23-14(8-30-19)11-3-4-12(21)13(22)7-11/h3-4,7-8,10,15H,5-6,9H2,1-2H3,(H,23,24,27)/t10-,15-,20+/m0/s1. The zero-order valence-corrected chi connectivity index (χ0v) is 18.3. The van der Waals surface area contributed by atoms with Gasteiger partial charge in [-0.2, -0.15) is 0 Å². The van der Waals surface area contributed by atoms with Crippen LogP contribution in [0.1, 0.15) is 26.7 Å². The molecule has 2 aromatic rings. The number of benzene rings is 1. The van der Waals surface area contributed by atoms with E-state index in [1.165, 1.54) is 13.0 Å². The fraction of sp³-hybridized carbons (Fsp3) is 0.400. The zero-order chi connectivity index (χ0) is 22.3. The number of carbonyl (C=O) groups is 3. The Morgan fingerprint density at radius 1 is 1.35 bits per heavy atom. The molecule has 4 rings (SSSR count). The molecule has 1 N–H and O–H groups in total. The van der Waals surface area contributed by atoms with Crippen molar-refractivity contribution in [1.29, 1.82) is 0 Å². The first-order chi connectivity index (χ1) is 14.7. The van der Waals surface area contributed by atoms with Gasteiger partial charge in [-0.15, -0.1) is 23.1 Å². The third-order valence-corrected chi connectivity index (χ3v) is 7.59. The molecule has 2 aliphatic heterocycles. The lowest BCUT2D eigenvalue weighted by molar-refractivity contribution is -0.160. The number of thiazole rings is 1. The van der Waals surface area contributed by atoms with E-state index < -0.39 is 40.5 Å². The highest BCUT2D eigenvalue weighted by atomic mass is 32.2. The van der Waals surface area contributed by atoms with Crippen LogP contribution in [0.15, 0.2) is 23.6 Å². The number of hydrogen-bond donors (Lipinski definition) is 1. The van der Waals surface area contributed by atoms with Crippen molar-refractivity contribution >= 4 is 46.0 Å². The minimum Gasteiger partial charge on any atom is -0.451 e. The molecule has 11 heteroatoms. The van der Waals surface area contributed by atoms with Crippen molar-refractivity contribution in [3.63, 3.8) is 0 Å². The van der Waals surface area contributed by atoms with Gasteiger partial charge in [-0.3, -0.25) is 14.9 Å². The molecule has 2 saturated heterocycles. The summed E-state index contributed by atoms with van der Waals surface area (Å²) in [6.45, 7) is 3.36. The van der Waals surface area contributed by atoms with Crippen LogP contribution in [0, 0.1) is 11.6 Å². The lowest BCUT2D eigenvalue weighted by Gasteiger charge is -2.29. The van der Waals surface area contributed by atoms with Gasteiger partial charge < -0.3 is 9.64 Å². The molecule has 0 radical (unpaired) electrons. The first-order valence-corrected chi connectivity index (χ1v) is 11.4. The van der Waals surface area contributed by atoms with E-state index in [0.29, 0.717) is 29.9 Å². The maximum Gasteiger partial charge on any atom is 0.330 e. The molecule has 3 heterocycles. The second-order valence-corrected chi connectivity index (χ2v) is 9.86. The minimum absolute atomic E-state index is 0.0842. The molecule has 0 spiro atoms. The van der Waals surface area contributed by atoms with Crippen LogP contribution in [0.4, 0.5) is 13.9 Å². The van der Waals surface area contributed by atoms with Crippen LogP contribution in [-0.4, -0.2) is 50.4 Å². The van der Waals surface area contributed by atoms with Crippen LogP contribution < -0.4 is 5.32 Å². The summed E-state index contributed by atoms with van der Waals surface area (Å²) in [5.74, 6) is -2.80. The number of rotatable bonds is 5. The minimum atomic E-state index is -1.10. The molecule has 0 bridgehead atoms.